The maximum Gasteiger partial charge on any atom is 0.267 e. The van der Waals surface area contributed by atoms with Crippen LogP contribution in [0, 0.1) is 0 Å². The van der Waals surface area contributed by atoms with Gasteiger partial charge >= 0.3 is 0 Å². The van der Waals surface area contributed by atoms with Gasteiger partial charge in [0.25, 0.3) is 11.8 Å². The van der Waals surface area contributed by atoms with E-state index in [1.807, 2.05) is 12.1 Å². The van der Waals surface area contributed by atoms with Crippen LogP contribution in [0.1, 0.15) is 0 Å². The standard InChI is InChI=1S/C22H24N2O7S/c1-32(27,28)17-8-6-16(7-9-17)29-15-21(25)23-10-12-24(13-11-23)22(26)20-14-30-18-4-2-3-5-19(18)31-20/h2-9,20H,10-15H2,1H3. The Kier molecular flexibility index (Phi) is 6.22. The molecular weight excluding hydrogens is 436 g/mol. The summed E-state index contributed by atoms with van der Waals surface area (Å²) in [5.74, 6) is 1.23. The van der Waals surface area contributed by atoms with Crippen LogP contribution in [0.4, 0.5) is 0 Å². The zero-order chi connectivity index (χ0) is 22.7. The van der Waals surface area contributed by atoms with E-state index >= 15 is 0 Å². The first-order valence-corrected chi connectivity index (χ1v) is 12.1. The van der Waals surface area contributed by atoms with Gasteiger partial charge in [0.1, 0.15) is 12.4 Å². The Morgan fingerprint density at radius 2 is 1.59 bits per heavy atom. The minimum absolute atomic E-state index is 0.154. The van der Waals surface area contributed by atoms with Gasteiger partial charge in [-0.05, 0) is 36.4 Å². The molecule has 9 nitrogen and oxygen atoms in total. The van der Waals surface area contributed by atoms with Crippen molar-refractivity contribution in [3.05, 3.63) is 48.5 Å². The SMILES string of the molecule is CS(=O)(=O)c1ccc(OCC(=O)N2CCN(C(=O)C3COc4ccccc4O3)CC2)cc1. The highest BCUT2D eigenvalue weighted by Gasteiger charge is 2.33. The molecule has 2 aromatic carbocycles. The topological polar surface area (TPSA) is 102 Å². The molecule has 2 amide bonds. The normalized spacial score (nSPS) is 18.2. The number of nitrogens with zero attached hydrogens (tertiary/aromatic N) is 2. The lowest BCUT2D eigenvalue weighted by Gasteiger charge is -2.37. The van der Waals surface area contributed by atoms with Crippen LogP contribution in [0.25, 0.3) is 0 Å². The number of hydrogen-bond acceptors (Lipinski definition) is 7. The minimum Gasteiger partial charge on any atom is -0.485 e. The Bertz CT molecular complexity index is 1090. The maximum atomic E-state index is 12.8. The molecule has 0 saturated carbocycles. The molecule has 1 unspecified atom stereocenters. The van der Waals surface area contributed by atoms with Gasteiger partial charge in [0, 0.05) is 32.4 Å². The predicted octanol–water partition coefficient (Wildman–Crippen LogP) is 0.980. The molecule has 0 aromatic heterocycles. The summed E-state index contributed by atoms with van der Waals surface area (Å²) in [5, 5.41) is 0. The molecule has 0 radical (unpaired) electrons. The van der Waals surface area contributed by atoms with E-state index in [-0.39, 0.29) is 29.9 Å². The molecule has 0 bridgehead atoms. The Hall–Kier alpha value is -3.27. The quantitative estimate of drug-likeness (QED) is 0.655. The van der Waals surface area contributed by atoms with E-state index in [1.54, 1.807) is 21.9 Å². The Balaban J connectivity index is 1.24. The fourth-order valence-electron chi connectivity index (χ4n) is 3.54. The van der Waals surface area contributed by atoms with Crippen molar-refractivity contribution in [2.45, 2.75) is 11.0 Å². The number of hydrogen-bond donors (Lipinski definition) is 0. The van der Waals surface area contributed by atoms with Crippen molar-refractivity contribution in [1.82, 2.24) is 9.80 Å². The van der Waals surface area contributed by atoms with Crippen LogP contribution < -0.4 is 14.2 Å². The summed E-state index contributed by atoms with van der Waals surface area (Å²) in [4.78, 5) is 28.8. The van der Waals surface area contributed by atoms with Crippen molar-refractivity contribution in [3.63, 3.8) is 0 Å². The van der Waals surface area contributed by atoms with Crippen molar-refractivity contribution < 1.29 is 32.2 Å². The van der Waals surface area contributed by atoms with Gasteiger partial charge in [-0.25, -0.2) is 8.42 Å². The number of carbonyl (C=O) groups excluding carboxylic acids is 2. The number of carbonyl (C=O) groups is 2. The fourth-order valence-corrected chi connectivity index (χ4v) is 4.17. The van der Waals surface area contributed by atoms with Crippen LogP contribution in [-0.2, 0) is 19.4 Å². The van der Waals surface area contributed by atoms with E-state index in [4.69, 9.17) is 14.2 Å². The van der Waals surface area contributed by atoms with Crippen molar-refractivity contribution in [2.75, 3.05) is 45.6 Å². The van der Waals surface area contributed by atoms with E-state index in [0.717, 1.165) is 6.26 Å². The van der Waals surface area contributed by atoms with Crippen LogP contribution in [-0.4, -0.2) is 81.8 Å². The van der Waals surface area contributed by atoms with E-state index in [0.29, 0.717) is 43.4 Å². The molecular formula is C22H24N2O7S. The number of rotatable bonds is 5. The lowest BCUT2D eigenvalue weighted by atomic mass is 10.2. The molecule has 2 aliphatic rings. The van der Waals surface area contributed by atoms with E-state index in [1.165, 1.54) is 24.3 Å². The zero-order valence-electron chi connectivity index (χ0n) is 17.6. The molecule has 32 heavy (non-hydrogen) atoms. The van der Waals surface area contributed by atoms with Gasteiger partial charge in [0.05, 0.1) is 4.90 Å². The molecule has 2 heterocycles. The third-order valence-electron chi connectivity index (χ3n) is 5.34. The van der Waals surface area contributed by atoms with E-state index < -0.39 is 15.9 Å². The molecule has 1 fully saturated rings. The van der Waals surface area contributed by atoms with Crippen molar-refractivity contribution in [2.24, 2.45) is 0 Å². The average Bonchev–Trinajstić information content (AvgIpc) is 2.81. The molecule has 0 N–H and O–H groups in total. The lowest BCUT2D eigenvalue weighted by molar-refractivity contribution is -0.146. The molecule has 10 heteroatoms. The van der Waals surface area contributed by atoms with E-state index in [2.05, 4.69) is 0 Å². The zero-order valence-corrected chi connectivity index (χ0v) is 18.4. The Labute approximate surface area is 186 Å². The fraction of sp³-hybridized carbons (Fsp3) is 0.364. The second-order valence-corrected chi connectivity index (χ2v) is 9.62. The van der Waals surface area contributed by atoms with Gasteiger partial charge in [-0.3, -0.25) is 9.59 Å². The maximum absolute atomic E-state index is 12.8. The summed E-state index contributed by atoms with van der Waals surface area (Å²) in [6, 6.07) is 13.1. The van der Waals surface area contributed by atoms with Gasteiger partial charge < -0.3 is 24.0 Å². The van der Waals surface area contributed by atoms with Crippen molar-refractivity contribution in [3.8, 4) is 17.2 Å². The van der Waals surface area contributed by atoms with Crippen LogP contribution in [0.2, 0.25) is 0 Å². The smallest absolute Gasteiger partial charge is 0.267 e. The first kappa shape index (κ1) is 21.9. The molecule has 2 aromatic rings. The molecule has 0 aliphatic carbocycles. The number of amides is 2. The number of piperazine rings is 1. The van der Waals surface area contributed by atoms with Crippen molar-refractivity contribution in [1.29, 1.82) is 0 Å². The average molecular weight is 461 g/mol. The van der Waals surface area contributed by atoms with Gasteiger partial charge in [-0.15, -0.1) is 0 Å². The van der Waals surface area contributed by atoms with E-state index in [9.17, 15) is 18.0 Å². The summed E-state index contributed by atoms with van der Waals surface area (Å²) in [5.41, 5.74) is 0. The number of benzene rings is 2. The largest absolute Gasteiger partial charge is 0.485 e. The summed E-state index contributed by atoms with van der Waals surface area (Å²) in [6.07, 6.45) is 0.425. The molecule has 170 valence electrons. The highest BCUT2D eigenvalue weighted by molar-refractivity contribution is 7.90. The van der Waals surface area contributed by atoms with Gasteiger partial charge in [0.2, 0.25) is 6.10 Å². The number of fused-ring (bicyclic) bond motifs is 1. The summed E-state index contributed by atoms with van der Waals surface area (Å²) < 4.78 is 39.9. The van der Waals surface area contributed by atoms with Gasteiger partial charge in [0.15, 0.2) is 27.9 Å². The second kappa shape index (κ2) is 9.07. The summed E-state index contributed by atoms with van der Waals surface area (Å²) >= 11 is 0. The molecule has 4 rings (SSSR count). The number of ether oxygens (including phenoxy) is 3. The Morgan fingerprint density at radius 1 is 0.969 bits per heavy atom. The van der Waals surface area contributed by atoms with Gasteiger partial charge in [-0.1, -0.05) is 12.1 Å². The van der Waals surface area contributed by atoms with Crippen LogP contribution in [0.3, 0.4) is 0 Å². The Morgan fingerprint density at radius 3 is 2.25 bits per heavy atom. The molecule has 0 spiro atoms. The van der Waals surface area contributed by atoms with Gasteiger partial charge in [-0.2, -0.15) is 0 Å². The number of para-hydroxylation sites is 2. The second-order valence-electron chi connectivity index (χ2n) is 7.60. The molecule has 1 saturated heterocycles. The third kappa shape index (κ3) is 4.96. The first-order chi connectivity index (χ1) is 15.3. The first-order valence-electron chi connectivity index (χ1n) is 10.2. The summed E-state index contributed by atoms with van der Waals surface area (Å²) in [7, 11) is -3.28. The van der Waals surface area contributed by atoms with Crippen LogP contribution >= 0.6 is 0 Å². The highest BCUT2D eigenvalue weighted by atomic mass is 32.2. The monoisotopic (exact) mass is 460 g/mol. The minimum atomic E-state index is -3.28. The van der Waals surface area contributed by atoms with Crippen LogP contribution in [0.5, 0.6) is 17.2 Å². The van der Waals surface area contributed by atoms with Crippen LogP contribution in [0.15, 0.2) is 53.4 Å². The lowest BCUT2D eigenvalue weighted by Crippen LogP contribution is -2.55. The highest BCUT2D eigenvalue weighted by Crippen LogP contribution is 2.31. The third-order valence-corrected chi connectivity index (χ3v) is 6.47. The summed E-state index contributed by atoms with van der Waals surface area (Å²) in [6.45, 7) is 1.57. The molecule has 1 atom stereocenters. The van der Waals surface area contributed by atoms with Crippen molar-refractivity contribution >= 4 is 21.7 Å². The predicted molar refractivity (Wildman–Crippen MR) is 115 cm³/mol. The molecule has 2 aliphatic heterocycles. The number of sulfone groups is 1.